The van der Waals surface area contributed by atoms with Gasteiger partial charge in [-0.1, -0.05) is 18.2 Å². The first-order valence-electron chi connectivity index (χ1n) is 6.99. The number of rotatable bonds is 8. The maximum Gasteiger partial charge on any atom is 0.244 e. The second-order valence-electron chi connectivity index (χ2n) is 4.59. The third-order valence-electron chi connectivity index (χ3n) is 2.73. The van der Waals surface area contributed by atoms with E-state index >= 15 is 0 Å². The summed E-state index contributed by atoms with van der Waals surface area (Å²) in [5.74, 6) is 0.634. The molecule has 0 aliphatic rings. The van der Waals surface area contributed by atoms with E-state index in [1.165, 1.54) is 6.08 Å². The lowest BCUT2D eigenvalue weighted by molar-refractivity contribution is -0.116. The number of carbonyl (C=O) groups excluding carboxylic acids is 1. The van der Waals surface area contributed by atoms with Gasteiger partial charge in [0.05, 0.1) is 12.7 Å². The molecule has 110 valence electrons. The number of benzene rings is 1. The van der Waals surface area contributed by atoms with Crippen molar-refractivity contribution in [1.82, 2.24) is 5.32 Å². The molecule has 0 aliphatic carbocycles. The lowest BCUT2D eigenvalue weighted by Crippen LogP contribution is -2.22. The SMILES string of the molecule is CCOc1ccccc1/C=C/C(=O)NCCCC(C)O. The fourth-order valence-electron chi connectivity index (χ4n) is 1.74. The van der Waals surface area contributed by atoms with Gasteiger partial charge in [-0.3, -0.25) is 4.79 Å². The van der Waals surface area contributed by atoms with E-state index in [9.17, 15) is 4.79 Å². The Balaban J connectivity index is 2.45. The van der Waals surface area contributed by atoms with E-state index in [1.54, 1.807) is 13.0 Å². The van der Waals surface area contributed by atoms with Crippen molar-refractivity contribution in [2.45, 2.75) is 32.8 Å². The largest absolute Gasteiger partial charge is 0.493 e. The molecule has 1 unspecified atom stereocenters. The first-order valence-corrected chi connectivity index (χ1v) is 6.99. The third kappa shape index (κ3) is 6.38. The van der Waals surface area contributed by atoms with Gasteiger partial charge in [0.25, 0.3) is 0 Å². The zero-order valence-corrected chi connectivity index (χ0v) is 12.1. The average molecular weight is 277 g/mol. The summed E-state index contributed by atoms with van der Waals surface area (Å²) >= 11 is 0. The van der Waals surface area contributed by atoms with E-state index in [4.69, 9.17) is 9.84 Å². The zero-order chi connectivity index (χ0) is 14.8. The molecule has 20 heavy (non-hydrogen) atoms. The molecule has 1 rings (SSSR count). The molecule has 1 atom stereocenters. The number of aliphatic hydroxyl groups is 1. The molecular formula is C16H23NO3. The normalized spacial score (nSPS) is 12.3. The quantitative estimate of drug-likeness (QED) is 0.566. The maximum atomic E-state index is 11.6. The molecule has 0 heterocycles. The number of hydrogen-bond donors (Lipinski definition) is 2. The summed E-state index contributed by atoms with van der Waals surface area (Å²) < 4.78 is 5.48. The van der Waals surface area contributed by atoms with Crippen LogP contribution in [0.4, 0.5) is 0 Å². The Kier molecular flexibility index (Phi) is 7.43. The fraction of sp³-hybridized carbons (Fsp3) is 0.438. The molecule has 1 aromatic carbocycles. The van der Waals surface area contributed by atoms with Crippen LogP contribution in [0, 0.1) is 0 Å². The summed E-state index contributed by atoms with van der Waals surface area (Å²) in [6.45, 7) is 4.83. The van der Waals surface area contributed by atoms with E-state index in [2.05, 4.69) is 5.32 Å². The first kappa shape index (κ1) is 16.2. The van der Waals surface area contributed by atoms with Crippen LogP contribution in [-0.4, -0.2) is 30.3 Å². The van der Waals surface area contributed by atoms with Gasteiger partial charge in [-0.05, 0) is 38.8 Å². The molecule has 0 aromatic heterocycles. The second kappa shape index (κ2) is 9.15. The molecule has 0 spiro atoms. The number of ether oxygens (including phenoxy) is 1. The number of nitrogens with one attached hydrogen (secondary N) is 1. The standard InChI is InChI=1S/C16H23NO3/c1-3-20-15-9-5-4-8-14(15)10-11-16(19)17-12-6-7-13(2)18/h4-5,8-11,13,18H,3,6-7,12H2,1-2H3,(H,17,19)/b11-10+. The van der Waals surface area contributed by atoms with Crippen molar-refractivity contribution in [3.63, 3.8) is 0 Å². The van der Waals surface area contributed by atoms with Crippen molar-refractivity contribution in [2.24, 2.45) is 0 Å². The molecule has 1 aromatic rings. The van der Waals surface area contributed by atoms with Crippen LogP contribution in [0.15, 0.2) is 30.3 Å². The molecule has 0 fully saturated rings. The summed E-state index contributed by atoms with van der Waals surface area (Å²) in [7, 11) is 0. The first-order chi connectivity index (χ1) is 9.63. The Labute approximate surface area is 120 Å². The highest BCUT2D eigenvalue weighted by molar-refractivity contribution is 5.92. The molecule has 0 bridgehead atoms. The van der Waals surface area contributed by atoms with Gasteiger partial charge in [0, 0.05) is 18.2 Å². The van der Waals surface area contributed by atoms with Crippen molar-refractivity contribution in [2.75, 3.05) is 13.2 Å². The maximum absolute atomic E-state index is 11.6. The number of carbonyl (C=O) groups is 1. The van der Waals surface area contributed by atoms with Gasteiger partial charge in [-0.15, -0.1) is 0 Å². The number of aliphatic hydroxyl groups excluding tert-OH is 1. The molecule has 1 amide bonds. The average Bonchev–Trinajstić information content (AvgIpc) is 2.43. The Morgan fingerprint density at radius 2 is 2.20 bits per heavy atom. The smallest absolute Gasteiger partial charge is 0.244 e. The lowest BCUT2D eigenvalue weighted by Gasteiger charge is -2.06. The van der Waals surface area contributed by atoms with E-state index < -0.39 is 0 Å². The summed E-state index contributed by atoms with van der Waals surface area (Å²) in [5, 5.41) is 11.9. The highest BCUT2D eigenvalue weighted by atomic mass is 16.5. The summed E-state index contributed by atoms with van der Waals surface area (Å²) in [6, 6.07) is 7.59. The van der Waals surface area contributed by atoms with Gasteiger partial charge in [0.15, 0.2) is 0 Å². The second-order valence-corrected chi connectivity index (χ2v) is 4.59. The van der Waals surface area contributed by atoms with E-state index in [-0.39, 0.29) is 12.0 Å². The molecule has 0 radical (unpaired) electrons. The molecule has 0 saturated carbocycles. The Morgan fingerprint density at radius 3 is 2.90 bits per heavy atom. The minimum Gasteiger partial charge on any atom is -0.493 e. The minimum atomic E-state index is -0.319. The van der Waals surface area contributed by atoms with Crippen LogP contribution in [0.5, 0.6) is 5.75 Å². The zero-order valence-electron chi connectivity index (χ0n) is 12.1. The van der Waals surface area contributed by atoms with Crippen molar-refractivity contribution in [3.8, 4) is 5.75 Å². The minimum absolute atomic E-state index is 0.137. The molecule has 4 heteroatoms. The van der Waals surface area contributed by atoms with Gasteiger partial charge in [-0.25, -0.2) is 0 Å². The highest BCUT2D eigenvalue weighted by Crippen LogP contribution is 2.19. The third-order valence-corrected chi connectivity index (χ3v) is 2.73. The number of amides is 1. The Bertz CT molecular complexity index is 441. The molecule has 4 nitrogen and oxygen atoms in total. The van der Waals surface area contributed by atoms with Gasteiger partial charge in [0.1, 0.15) is 5.75 Å². The van der Waals surface area contributed by atoms with Gasteiger partial charge < -0.3 is 15.2 Å². The fourth-order valence-corrected chi connectivity index (χ4v) is 1.74. The van der Waals surface area contributed by atoms with Crippen molar-refractivity contribution < 1.29 is 14.6 Å². The Hall–Kier alpha value is -1.81. The summed E-state index contributed by atoms with van der Waals surface area (Å²) in [4.78, 5) is 11.6. The topological polar surface area (TPSA) is 58.6 Å². The van der Waals surface area contributed by atoms with Crippen LogP contribution in [0.2, 0.25) is 0 Å². The van der Waals surface area contributed by atoms with Crippen LogP contribution in [-0.2, 0) is 4.79 Å². The summed E-state index contributed by atoms with van der Waals surface area (Å²) in [5.41, 5.74) is 0.883. The predicted molar refractivity (Wildman–Crippen MR) is 80.6 cm³/mol. The van der Waals surface area contributed by atoms with Crippen molar-refractivity contribution in [3.05, 3.63) is 35.9 Å². The van der Waals surface area contributed by atoms with Crippen molar-refractivity contribution in [1.29, 1.82) is 0 Å². The van der Waals surface area contributed by atoms with E-state index in [1.807, 2.05) is 31.2 Å². The van der Waals surface area contributed by atoms with Crippen molar-refractivity contribution >= 4 is 12.0 Å². The Morgan fingerprint density at radius 1 is 1.45 bits per heavy atom. The van der Waals surface area contributed by atoms with E-state index in [0.29, 0.717) is 19.6 Å². The summed E-state index contributed by atoms with van der Waals surface area (Å²) in [6.07, 6.45) is 4.39. The van der Waals surface area contributed by atoms with Crippen LogP contribution in [0.1, 0.15) is 32.3 Å². The van der Waals surface area contributed by atoms with Gasteiger partial charge >= 0.3 is 0 Å². The number of para-hydroxylation sites is 1. The van der Waals surface area contributed by atoms with Crippen LogP contribution in [0.25, 0.3) is 6.08 Å². The van der Waals surface area contributed by atoms with E-state index in [0.717, 1.165) is 17.7 Å². The molecule has 0 saturated heterocycles. The van der Waals surface area contributed by atoms with Crippen LogP contribution >= 0.6 is 0 Å². The van der Waals surface area contributed by atoms with Gasteiger partial charge in [0.2, 0.25) is 5.91 Å². The molecular weight excluding hydrogens is 254 g/mol. The highest BCUT2D eigenvalue weighted by Gasteiger charge is 2.00. The molecule has 2 N–H and O–H groups in total. The molecule has 0 aliphatic heterocycles. The van der Waals surface area contributed by atoms with Crippen LogP contribution < -0.4 is 10.1 Å². The monoisotopic (exact) mass is 277 g/mol. The number of hydrogen-bond acceptors (Lipinski definition) is 3. The van der Waals surface area contributed by atoms with Crippen LogP contribution in [0.3, 0.4) is 0 Å². The lowest BCUT2D eigenvalue weighted by atomic mass is 10.2. The predicted octanol–water partition coefficient (Wildman–Crippen LogP) is 2.38. The van der Waals surface area contributed by atoms with Gasteiger partial charge in [-0.2, -0.15) is 0 Å².